The fraction of sp³-hybridized carbons (Fsp3) is 0.400. The highest BCUT2D eigenvalue weighted by Gasteiger charge is 2.29. The number of nitrogens with one attached hydrogen (secondary N) is 1. The second kappa shape index (κ2) is 7.60. The van der Waals surface area contributed by atoms with Gasteiger partial charge in [0.15, 0.2) is 0 Å². The van der Waals surface area contributed by atoms with Crippen LogP contribution in [0.1, 0.15) is 18.4 Å². The summed E-state index contributed by atoms with van der Waals surface area (Å²) in [5, 5.41) is 2.89. The molecule has 1 aliphatic heterocycles. The largest absolute Gasteiger partial charge is 0.354 e. The van der Waals surface area contributed by atoms with E-state index in [1.165, 1.54) is 12.1 Å². The van der Waals surface area contributed by atoms with Crippen LogP contribution in [-0.2, 0) is 11.3 Å². The minimum Gasteiger partial charge on any atom is -0.354 e. The fourth-order valence-corrected chi connectivity index (χ4v) is 3.26. The van der Waals surface area contributed by atoms with Gasteiger partial charge in [-0.2, -0.15) is 0 Å². The van der Waals surface area contributed by atoms with E-state index in [0.717, 1.165) is 56.6 Å². The lowest BCUT2D eigenvalue weighted by atomic mass is 10.1. The number of rotatable bonds is 5. The Hall–Kier alpha value is -2.54. The topological polar surface area (TPSA) is 48.5 Å². The number of hydrogen-bond donors (Lipinski definition) is 1. The van der Waals surface area contributed by atoms with Crippen molar-refractivity contribution < 1.29 is 13.6 Å². The molecule has 27 heavy (non-hydrogen) atoms. The number of piperazine rings is 1. The van der Waals surface area contributed by atoms with Crippen LogP contribution in [0.25, 0.3) is 0 Å². The second-order valence-corrected chi connectivity index (χ2v) is 7.17. The van der Waals surface area contributed by atoms with Gasteiger partial charge in [-0.1, -0.05) is 6.07 Å². The Morgan fingerprint density at radius 1 is 1.11 bits per heavy atom. The molecule has 1 aromatic heterocycles. The lowest BCUT2D eigenvalue weighted by Crippen LogP contribution is -2.46. The molecule has 0 unspecified atom stereocenters. The van der Waals surface area contributed by atoms with Crippen molar-refractivity contribution in [3.05, 3.63) is 53.7 Å². The van der Waals surface area contributed by atoms with Gasteiger partial charge < -0.3 is 10.2 Å². The molecule has 0 atom stereocenters. The molecule has 142 valence electrons. The monoisotopic (exact) mass is 372 g/mol. The number of carbonyl (C=O) groups excluding carboxylic acids is 1. The van der Waals surface area contributed by atoms with E-state index in [0.29, 0.717) is 12.1 Å². The summed E-state index contributed by atoms with van der Waals surface area (Å²) >= 11 is 0. The summed E-state index contributed by atoms with van der Waals surface area (Å²) in [6.07, 6.45) is 3.64. The van der Waals surface area contributed by atoms with E-state index in [-0.39, 0.29) is 11.8 Å². The number of halogens is 2. The van der Waals surface area contributed by atoms with Crippen molar-refractivity contribution in [2.75, 3.05) is 36.4 Å². The third-order valence-electron chi connectivity index (χ3n) is 5.07. The predicted octanol–water partition coefficient (Wildman–Crippen LogP) is 3.03. The first-order valence-corrected chi connectivity index (χ1v) is 9.26. The summed E-state index contributed by atoms with van der Waals surface area (Å²) in [5.41, 5.74) is 1.24. The molecule has 1 N–H and O–H groups in total. The lowest BCUT2D eigenvalue weighted by Gasteiger charge is -2.35. The quantitative estimate of drug-likeness (QED) is 0.877. The van der Waals surface area contributed by atoms with Crippen LogP contribution < -0.4 is 10.2 Å². The third-order valence-corrected chi connectivity index (χ3v) is 5.07. The third kappa shape index (κ3) is 4.42. The predicted molar refractivity (Wildman–Crippen MR) is 99.4 cm³/mol. The Morgan fingerprint density at radius 3 is 2.52 bits per heavy atom. The molecule has 1 saturated carbocycles. The standard InChI is InChI=1S/C20H22F2N4O/c21-16-4-3-15(18(22)11-16)13-25-7-9-26(10-8-25)19-6-5-17(12-23-19)24-20(27)14-1-2-14/h3-6,11-12,14H,1-2,7-10,13H2,(H,24,27). The van der Waals surface area contributed by atoms with Gasteiger partial charge in [0, 0.05) is 50.3 Å². The minimum atomic E-state index is -0.552. The molecule has 5 nitrogen and oxygen atoms in total. The van der Waals surface area contributed by atoms with Crippen LogP contribution in [0.4, 0.5) is 20.3 Å². The van der Waals surface area contributed by atoms with Gasteiger partial charge in [-0.3, -0.25) is 9.69 Å². The van der Waals surface area contributed by atoms with Crippen LogP contribution in [0.2, 0.25) is 0 Å². The first-order valence-electron chi connectivity index (χ1n) is 9.26. The van der Waals surface area contributed by atoms with Gasteiger partial charge in [0.2, 0.25) is 5.91 Å². The molecule has 1 aliphatic carbocycles. The van der Waals surface area contributed by atoms with E-state index in [1.54, 1.807) is 6.20 Å². The van der Waals surface area contributed by atoms with Crippen molar-refractivity contribution in [1.82, 2.24) is 9.88 Å². The zero-order valence-electron chi connectivity index (χ0n) is 15.0. The Balaban J connectivity index is 1.30. The maximum absolute atomic E-state index is 13.8. The van der Waals surface area contributed by atoms with E-state index in [1.807, 2.05) is 12.1 Å². The molecule has 7 heteroatoms. The van der Waals surface area contributed by atoms with E-state index < -0.39 is 11.6 Å². The van der Waals surface area contributed by atoms with Crippen LogP contribution in [0.3, 0.4) is 0 Å². The van der Waals surface area contributed by atoms with Gasteiger partial charge in [0.1, 0.15) is 17.5 Å². The normalized spacial score (nSPS) is 17.8. The van der Waals surface area contributed by atoms with E-state index in [2.05, 4.69) is 20.1 Å². The van der Waals surface area contributed by atoms with Crippen LogP contribution in [-0.4, -0.2) is 42.0 Å². The molecule has 1 aromatic carbocycles. The Bertz CT molecular complexity index is 815. The van der Waals surface area contributed by atoms with Gasteiger partial charge in [-0.05, 0) is 31.0 Å². The van der Waals surface area contributed by atoms with Crippen molar-refractivity contribution in [2.45, 2.75) is 19.4 Å². The highest BCUT2D eigenvalue weighted by molar-refractivity contribution is 5.93. The SMILES string of the molecule is O=C(Nc1ccc(N2CCN(Cc3ccc(F)cc3F)CC2)nc1)C1CC1. The highest BCUT2D eigenvalue weighted by Crippen LogP contribution is 2.30. The van der Waals surface area contributed by atoms with Crippen LogP contribution in [0, 0.1) is 17.6 Å². The van der Waals surface area contributed by atoms with Crippen LogP contribution >= 0.6 is 0 Å². The number of hydrogen-bond acceptors (Lipinski definition) is 4. The molecule has 2 aromatic rings. The number of amides is 1. The Kier molecular flexibility index (Phi) is 5.03. The van der Waals surface area contributed by atoms with E-state index in [9.17, 15) is 13.6 Å². The molecule has 2 fully saturated rings. The second-order valence-electron chi connectivity index (χ2n) is 7.17. The smallest absolute Gasteiger partial charge is 0.227 e. The van der Waals surface area contributed by atoms with Gasteiger partial charge >= 0.3 is 0 Å². The lowest BCUT2D eigenvalue weighted by molar-refractivity contribution is -0.117. The molecular formula is C20H22F2N4O. The molecule has 0 spiro atoms. The molecule has 2 aliphatic rings. The summed E-state index contributed by atoms with van der Waals surface area (Å²) in [4.78, 5) is 20.6. The molecular weight excluding hydrogens is 350 g/mol. The average Bonchev–Trinajstić information content (AvgIpc) is 3.51. The molecule has 4 rings (SSSR count). The van der Waals surface area contributed by atoms with E-state index in [4.69, 9.17) is 0 Å². The number of nitrogens with zero attached hydrogens (tertiary/aromatic N) is 3. The number of carbonyl (C=O) groups is 1. The zero-order chi connectivity index (χ0) is 18.8. The maximum atomic E-state index is 13.8. The van der Waals surface area contributed by atoms with Gasteiger partial charge in [-0.15, -0.1) is 0 Å². The van der Waals surface area contributed by atoms with Crippen molar-refractivity contribution in [3.8, 4) is 0 Å². The van der Waals surface area contributed by atoms with E-state index >= 15 is 0 Å². The number of aromatic nitrogens is 1. The summed E-state index contributed by atoms with van der Waals surface area (Å²) in [6.45, 7) is 3.59. The summed E-state index contributed by atoms with van der Waals surface area (Å²) in [5.74, 6) is 0.0637. The summed E-state index contributed by atoms with van der Waals surface area (Å²) < 4.78 is 26.8. The molecule has 0 bridgehead atoms. The first kappa shape index (κ1) is 17.9. The van der Waals surface area contributed by atoms with Crippen LogP contribution in [0.15, 0.2) is 36.5 Å². The average molecular weight is 372 g/mol. The Labute approximate surface area is 157 Å². The number of pyridine rings is 1. The number of anilines is 2. The van der Waals surface area contributed by atoms with Gasteiger partial charge in [0.25, 0.3) is 0 Å². The number of benzene rings is 1. The van der Waals surface area contributed by atoms with Crippen molar-refractivity contribution >= 4 is 17.4 Å². The molecule has 2 heterocycles. The zero-order valence-corrected chi connectivity index (χ0v) is 15.0. The maximum Gasteiger partial charge on any atom is 0.227 e. The highest BCUT2D eigenvalue weighted by atomic mass is 19.1. The van der Waals surface area contributed by atoms with Crippen molar-refractivity contribution in [2.24, 2.45) is 5.92 Å². The molecule has 1 saturated heterocycles. The van der Waals surface area contributed by atoms with Crippen LogP contribution in [0.5, 0.6) is 0 Å². The molecule has 1 amide bonds. The minimum absolute atomic E-state index is 0.0752. The molecule has 0 radical (unpaired) electrons. The van der Waals surface area contributed by atoms with Gasteiger partial charge in [-0.25, -0.2) is 13.8 Å². The van der Waals surface area contributed by atoms with Crippen molar-refractivity contribution in [3.63, 3.8) is 0 Å². The Morgan fingerprint density at radius 2 is 1.89 bits per heavy atom. The van der Waals surface area contributed by atoms with Crippen molar-refractivity contribution in [1.29, 1.82) is 0 Å². The fourth-order valence-electron chi connectivity index (χ4n) is 3.26. The first-order chi connectivity index (χ1) is 13.1. The summed E-state index contributed by atoms with van der Waals surface area (Å²) in [6, 6.07) is 7.52. The summed E-state index contributed by atoms with van der Waals surface area (Å²) in [7, 11) is 0. The van der Waals surface area contributed by atoms with Gasteiger partial charge in [0.05, 0.1) is 11.9 Å².